The molecule has 112 valence electrons. The molecule has 0 aromatic heterocycles. The van der Waals surface area contributed by atoms with Gasteiger partial charge in [0.05, 0.1) is 12.6 Å². The van der Waals surface area contributed by atoms with E-state index in [9.17, 15) is 18.0 Å². The van der Waals surface area contributed by atoms with E-state index in [2.05, 4.69) is 10.1 Å². The lowest BCUT2D eigenvalue weighted by molar-refractivity contribution is -0.173. The van der Waals surface area contributed by atoms with Crippen LogP contribution in [0.4, 0.5) is 13.2 Å². The standard InChI is InChI=1S/C11H19F3N2O3/c12-11(13,14)7-19-6-3-16-10(17)9(15)8-1-4-18-5-2-8/h8-9H,1-7,15H2,(H,16,17). The van der Waals surface area contributed by atoms with Crippen molar-refractivity contribution in [1.29, 1.82) is 0 Å². The van der Waals surface area contributed by atoms with Crippen LogP contribution in [0.25, 0.3) is 0 Å². The van der Waals surface area contributed by atoms with E-state index >= 15 is 0 Å². The Hall–Kier alpha value is -0.860. The first-order valence-corrected chi connectivity index (χ1v) is 6.15. The maximum Gasteiger partial charge on any atom is 0.411 e. The molecule has 1 aliphatic rings. The maximum absolute atomic E-state index is 11.8. The van der Waals surface area contributed by atoms with Crippen molar-refractivity contribution in [2.75, 3.05) is 33.0 Å². The number of amides is 1. The van der Waals surface area contributed by atoms with E-state index in [0.717, 1.165) is 12.8 Å². The fraction of sp³-hybridized carbons (Fsp3) is 0.909. The zero-order valence-corrected chi connectivity index (χ0v) is 10.5. The lowest BCUT2D eigenvalue weighted by Gasteiger charge is -2.26. The summed E-state index contributed by atoms with van der Waals surface area (Å²) in [6.07, 6.45) is -2.90. The summed E-state index contributed by atoms with van der Waals surface area (Å²) in [5.74, 6) is -0.299. The van der Waals surface area contributed by atoms with Crippen LogP contribution in [-0.2, 0) is 14.3 Å². The van der Waals surface area contributed by atoms with Crippen LogP contribution in [0.3, 0.4) is 0 Å². The highest BCUT2D eigenvalue weighted by molar-refractivity contribution is 5.81. The van der Waals surface area contributed by atoms with E-state index in [0.29, 0.717) is 13.2 Å². The van der Waals surface area contributed by atoms with Gasteiger partial charge in [0.2, 0.25) is 5.91 Å². The molecule has 1 unspecified atom stereocenters. The first-order valence-electron chi connectivity index (χ1n) is 6.15. The Morgan fingerprint density at radius 2 is 2.05 bits per heavy atom. The van der Waals surface area contributed by atoms with Crippen molar-refractivity contribution in [3.8, 4) is 0 Å². The molecule has 8 heteroatoms. The third kappa shape index (κ3) is 6.74. The molecule has 0 saturated carbocycles. The first-order chi connectivity index (χ1) is 8.90. The van der Waals surface area contributed by atoms with Gasteiger partial charge in [-0.25, -0.2) is 0 Å². The van der Waals surface area contributed by atoms with E-state index in [-0.39, 0.29) is 25.0 Å². The van der Waals surface area contributed by atoms with E-state index in [1.807, 2.05) is 0 Å². The van der Waals surface area contributed by atoms with Gasteiger partial charge in [0.25, 0.3) is 0 Å². The molecule has 1 fully saturated rings. The average Bonchev–Trinajstić information content (AvgIpc) is 2.37. The first kappa shape index (κ1) is 16.2. The van der Waals surface area contributed by atoms with E-state index in [4.69, 9.17) is 10.5 Å². The summed E-state index contributed by atoms with van der Waals surface area (Å²) in [7, 11) is 0. The van der Waals surface area contributed by atoms with Crippen LogP contribution < -0.4 is 11.1 Å². The van der Waals surface area contributed by atoms with Gasteiger partial charge < -0.3 is 20.5 Å². The van der Waals surface area contributed by atoms with Crippen molar-refractivity contribution in [1.82, 2.24) is 5.32 Å². The number of carbonyl (C=O) groups excluding carboxylic acids is 1. The quantitative estimate of drug-likeness (QED) is 0.694. The molecule has 19 heavy (non-hydrogen) atoms. The van der Waals surface area contributed by atoms with Crippen molar-refractivity contribution < 1.29 is 27.4 Å². The number of rotatable bonds is 6. The summed E-state index contributed by atoms with van der Waals surface area (Å²) in [5, 5.41) is 2.47. The summed E-state index contributed by atoms with van der Waals surface area (Å²) >= 11 is 0. The fourth-order valence-electron chi connectivity index (χ4n) is 1.84. The monoisotopic (exact) mass is 284 g/mol. The van der Waals surface area contributed by atoms with Crippen LogP contribution in [0.1, 0.15) is 12.8 Å². The largest absolute Gasteiger partial charge is 0.411 e. The second-order valence-corrected chi connectivity index (χ2v) is 4.43. The second kappa shape index (κ2) is 7.66. The number of alkyl halides is 3. The molecule has 1 rings (SSSR count). The molecule has 0 aliphatic carbocycles. The highest BCUT2D eigenvalue weighted by Gasteiger charge is 2.28. The highest BCUT2D eigenvalue weighted by Crippen LogP contribution is 2.17. The minimum atomic E-state index is -4.34. The molecule has 1 amide bonds. The molecule has 1 atom stereocenters. The molecule has 5 nitrogen and oxygen atoms in total. The van der Waals surface area contributed by atoms with Crippen LogP contribution in [-0.4, -0.2) is 51.1 Å². The predicted molar refractivity (Wildman–Crippen MR) is 61.4 cm³/mol. The fourth-order valence-corrected chi connectivity index (χ4v) is 1.84. The molecule has 0 aromatic carbocycles. The Morgan fingerprint density at radius 3 is 2.63 bits per heavy atom. The lowest BCUT2D eigenvalue weighted by Crippen LogP contribution is -2.47. The van der Waals surface area contributed by atoms with Crippen molar-refractivity contribution in [2.24, 2.45) is 11.7 Å². The lowest BCUT2D eigenvalue weighted by atomic mass is 9.92. The molecule has 3 N–H and O–H groups in total. The van der Waals surface area contributed by atoms with Crippen molar-refractivity contribution in [3.63, 3.8) is 0 Å². The van der Waals surface area contributed by atoms with Crippen LogP contribution in [0.5, 0.6) is 0 Å². The average molecular weight is 284 g/mol. The molecule has 1 aliphatic heterocycles. The van der Waals surface area contributed by atoms with Crippen LogP contribution in [0.15, 0.2) is 0 Å². The predicted octanol–water partition coefficient (Wildman–Crippen LogP) is 0.435. The summed E-state index contributed by atoms with van der Waals surface area (Å²) < 4.78 is 44.8. The molecular formula is C11H19F3N2O3. The smallest absolute Gasteiger partial charge is 0.381 e. The number of carbonyl (C=O) groups is 1. The van der Waals surface area contributed by atoms with Gasteiger partial charge in [-0.2, -0.15) is 13.2 Å². The highest BCUT2D eigenvalue weighted by atomic mass is 19.4. The Labute approximate surface area is 109 Å². The number of hydrogen-bond donors (Lipinski definition) is 2. The number of ether oxygens (including phenoxy) is 2. The number of hydrogen-bond acceptors (Lipinski definition) is 4. The van der Waals surface area contributed by atoms with Crippen molar-refractivity contribution in [2.45, 2.75) is 25.1 Å². The molecule has 0 spiro atoms. The molecule has 1 saturated heterocycles. The van der Waals surface area contributed by atoms with Gasteiger partial charge in [-0.05, 0) is 18.8 Å². The normalized spacial score (nSPS) is 19.2. The van der Waals surface area contributed by atoms with Crippen molar-refractivity contribution in [3.05, 3.63) is 0 Å². The SMILES string of the molecule is NC(C(=O)NCCOCC(F)(F)F)C1CCOCC1. The minimum Gasteiger partial charge on any atom is -0.381 e. The van der Waals surface area contributed by atoms with Gasteiger partial charge in [-0.15, -0.1) is 0 Å². The minimum absolute atomic E-state index is 0.0197. The third-order valence-corrected chi connectivity index (χ3v) is 2.89. The van der Waals surface area contributed by atoms with E-state index in [1.165, 1.54) is 0 Å². The Kier molecular flexibility index (Phi) is 6.53. The summed E-state index contributed by atoms with van der Waals surface area (Å²) in [6.45, 7) is -0.312. The van der Waals surface area contributed by atoms with Gasteiger partial charge in [0.15, 0.2) is 0 Å². The molecule has 0 radical (unpaired) electrons. The summed E-state index contributed by atoms with van der Waals surface area (Å²) in [4.78, 5) is 11.6. The van der Waals surface area contributed by atoms with Gasteiger partial charge in [0.1, 0.15) is 6.61 Å². The van der Waals surface area contributed by atoms with Crippen LogP contribution >= 0.6 is 0 Å². The zero-order chi connectivity index (χ0) is 14.3. The molecule has 0 aromatic rings. The molecule has 1 heterocycles. The van der Waals surface area contributed by atoms with Gasteiger partial charge in [-0.1, -0.05) is 0 Å². The number of nitrogens with one attached hydrogen (secondary N) is 1. The second-order valence-electron chi connectivity index (χ2n) is 4.43. The molecule has 0 bridgehead atoms. The molecular weight excluding hydrogens is 265 g/mol. The van der Waals surface area contributed by atoms with Crippen LogP contribution in [0.2, 0.25) is 0 Å². The summed E-state index contributed by atoms with van der Waals surface area (Å²) in [5.41, 5.74) is 5.79. The maximum atomic E-state index is 11.8. The number of halogens is 3. The van der Waals surface area contributed by atoms with Crippen LogP contribution in [0, 0.1) is 5.92 Å². The zero-order valence-electron chi connectivity index (χ0n) is 10.5. The Balaban J connectivity index is 2.12. The topological polar surface area (TPSA) is 73.6 Å². The Bertz CT molecular complexity index is 281. The third-order valence-electron chi connectivity index (χ3n) is 2.89. The number of nitrogens with two attached hydrogens (primary N) is 1. The van der Waals surface area contributed by atoms with E-state index < -0.39 is 18.8 Å². The van der Waals surface area contributed by atoms with Gasteiger partial charge >= 0.3 is 6.18 Å². The van der Waals surface area contributed by atoms with Gasteiger partial charge in [-0.3, -0.25) is 4.79 Å². The summed E-state index contributed by atoms with van der Waals surface area (Å²) in [6, 6.07) is -0.647. The van der Waals surface area contributed by atoms with Gasteiger partial charge in [0, 0.05) is 19.8 Å². The van der Waals surface area contributed by atoms with E-state index in [1.54, 1.807) is 0 Å². The van der Waals surface area contributed by atoms with Crippen molar-refractivity contribution >= 4 is 5.91 Å². The Morgan fingerprint density at radius 1 is 1.42 bits per heavy atom.